The average Bonchev–Trinajstić information content (AvgIpc) is 2.11. The zero-order valence-electron chi connectivity index (χ0n) is 9.77. The predicted octanol–water partition coefficient (Wildman–Crippen LogP) is 4.64. The molecule has 1 heteroatoms. The first kappa shape index (κ1) is 12.8. The number of hydrogen-bond donors (Lipinski definition) is 0. The lowest BCUT2D eigenvalue weighted by atomic mass is 10.1. The molecule has 0 saturated heterocycles. The molecule has 13 heavy (non-hydrogen) atoms. The number of hydrogen-bond acceptors (Lipinski definition) is 1. The molecule has 0 saturated carbocycles. The van der Waals surface area contributed by atoms with Gasteiger partial charge in [-0.2, -0.15) is 0 Å². The summed E-state index contributed by atoms with van der Waals surface area (Å²) in [5, 5.41) is 0. The van der Waals surface area contributed by atoms with Crippen molar-refractivity contribution >= 4 is 11.8 Å². The topological polar surface area (TPSA) is 0 Å². The molecule has 0 N–H and O–H groups in total. The van der Waals surface area contributed by atoms with E-state index in [1.54, 1.807) is 0 Å². The van der Waals surface area contributed by atoms with Crippen molar-refractivity contribution in [1.29, 1.82) is 0 Å². The van der Waals surface area contributed by atoms with Gasteiger partial charge in [-0.25, -0.2) is 0 Å². The van der Waals surface area contributed by atoms with Crippen molar-refractivity contribution in [3.8, 4) is 0 Å². The van der Waals surface area contributed by atoms with E-state index < -0.39 is 0 Å². The Kier molecular flexibility index (Phi) is 6.23. The Morgan fingerprint density at radius 3 is 2.15 bits per heavy atom. The van der Waals surface area contributed by atoms with Crippen molar-refractivity contribution in [3.05, 3.63) is 22.1 Å². The van der Waals surface area contributed by atoms with E-state index in [0.717, 1.165) is 6.42 Å². The van der Waals surface area contributed by atoms with Crippen LogP contribution in [0.3, 0.4) is 0 Å². The van der Waals surface area contributed by atoms with Gasteiger partial charge in [-0.3, -0.25) is 0 Å². The molecule has 0 heterocycles. The molecular formula is C12H22S. The summed E-state index contributed by atoms with van der Waals surface area (Å²) in [7, 11) is 0. The van der Waals surface area contributed by atoms with E-state index in [4.69, 9.17) is 0 Å². The summed E-state index contributed by atoms with van der Waals surface area (Å²) in [5.41, 5.74) is 2.92. The second-order valence-electron chi connectivity index (χ2n) is 3.72. The minimum atomic E-state index is 0.648. The maximum absolute atomic E-state index is 2.33. The van der Waals surface area contributed by atoms with E-state index in [9.17, 15) is 0 Å². The van der Waals surface area contributed by atoms with E-state index in [1.807, 2.05) is 11.8 Å². The van der Waals surface area contributed by atoms with Crippen molar-refractivity contribution in [1.82, 2.24) is 0 Å². The van der Waals surface area contributed by atoms with Gasteiger partial charge >= 0.3 is 0 Å². The second kappa shape index (κ2) is 6.31. The summed E-state index contributed by atoms with van der Waals surface area (Å²) < 4.78 is 0. The minimum absolute atomic E-state index is 0.648. The highest BCUT2D eigenvalue weighted by Crippen LogP contribution is 2.24. The summed E-state index contributed by atoms with van der Waals surface area (Å²) >= 11 is 1.86. The molecule has 76 valence electrons. The Balaban J connectivity index is 4.70. The quantitative estimate of drug-likeness (QED) is 0.593. The molecule has 0 aromatic heterocycles. The van der Waals surface area contributed by atoms with E-state index in [-0.39, 0.29) is 0 Å². The van der Waals surface area contributed by atoms with Gasteiger partial charge in [-0.1, -0.05) is 31.9 Å². The number of rotatable bonds is 4. The van der Waals surface area contributed by atoms with Crippen molar-refractivity contribution in [2.24, 2.45) is 5.92 Å². The van der Waals surface area contributed by atoms with Gasteiger partial charge in [0.25, 0.3) is 0 Å². The van der Waals surface area contributed by atoms with Gasteiger partial charge in [0.2, 0.25) is 0 Å². The molecule has 0 spiro atoms. The van der Waals surface area contributed by atoms with E-state index in [2.05, 4.69) is 47.0 Å². The van der Waals surface area contributed by atoms with Crippen LogP contribution in [0.1, 0.15) is 41.0 Å². The molecule has 0 aromatic rings. The van der Waals surface area contributed by atoms with Crippen LogP contribution in [-0.4, -0.2) is 6.26 Å². The Morgan fingerprint density at radius 2 is 1.85 bits per heavy atom. The third-order valence-electron chi connectivity index (χ3n) is 2.37. The first-order valence-corrected chi connectivity index (χ1v) is 6.17. The number of thioether (sulfide) groups is 1. The molecule has 0 unspecified atom stereocenters. The molecule has 0 radical (unpaired) electrons. The van der Waals surface area contributed by atoms with E-state index >= 15 is 0 Å². The van der Waals surface area contributed by atoms with Crippen LogP contribution in [0.5, 0.6) is 0 Å². The molecule has 0 aromatic carbocycles. The first-order chi connectivity index (χ1) is 6.02. The van der Waals surface area contributed by atoms with Gasteiger partial charge in [0.15, 0.2) is 0 Å². The van der Waals surface area contributed by atoms with Crippen LogP contribution in [0.4, 0.5) is 0 Å². The molecule has 0 aliphatic rings. The Bertz CT molecular complexity index is 209. The fraction of sp³-hybridized carbons (Fsp3) is 0.667. The van der Waals surface area contributed by atoms with Crippen LogP contribution < -0.4 is 0 Å². The van der Waals surface area contributed by atoms with Gasteiger partial charge < -0.3 is 0 Å². The van der Waals surface area contributed by atoms with Crippen LogP contribution in [-0.2, 0) is 0 Å². The van der Waals surface area contributed by atoms with Crippen molar-refractivity contribution in [2.75, 3.05) is 6.26 Å². The van der Waals surface area contributed by atoms with Crippen molar-refractivity contribution in [3.63, 3.8) is 0 Å². The summed E-state index contributed by atoms with van der Waals surface area (Å²) in [6, 6.07) is 0. The second-order valence-corrected chi connectivity index (χ2v) is 4.60. The third-order valence-corrected chi connectivity index (χ3v) is 3.43. The Labute approximate surface area is 87.5 Å². The normalized spacial score (nSPS) is 14.8. The van der Waals surface area contributed by atoms with Crippen LogP contribution in [0.2, 0.25) is 0 Å². The SMILES string of the molecule is CC/C(C)=C(C)\C=C(/SC)C(C)C. The van der Waals surface area contributed by atoms with Crippen LogP contribution in [0, 0.1) is 5.92 Å². The molecule has 0 nitrogen and oxygen atoms in total. The van der Waals surface area contributed by atoms with E-state index in [0.29, 0.717) is 5.92 Å². The van der Waals surface area contributed by atoms with Gasteiger partial charge in [0.1, 0.15) is 0 Å². The third kappa shape index (κ3) is 4.56. The monoisotopic (exact) mass is 198 g/mol. The summed E-state index contributed by atoms with van der Waals surface area (Å²) in [5.74, 6) is 0.648. The number of allylic oxidation sites excluding steroid dienone is 4. The average molecular weight is 198 g/mol. The predicted molar refractivity (Wildman–Crippen MR) is 65.1 cm³/mol. The lowest BCUT2D eigenvalue weighted by Crippen LogP contribution is -1.90. The van der Waals surface area contributed by atoms with Crippen LogP contribution in [0.25, 0.3) is 0 Å². The highest BCUT2D eigenvalue weighted by molar-refractivity contribution is 8.02. The maximum atomic E-state index is 2.33. The highest BCUT2D eigenvalue weighted by Gasteiger charge is 2.01. The summed E-state index contributed by atoms with van der Waals surface area (Å²) in [6.07, 6.45) is 5.64. The standard InChI is InChI=1S/C12H22S/c1-7-10(4)11(5)8-12(13-6)9(2)3/h8-9H,7H2,1-6H3/b11-10-,12-8-. The molecule has 0 fully saturated rings. The zero-order valence-corrected chi connectivity index (χ0v) is 10.6. The van der Waals surface area contributed by atoms with Gasteiger partial charge in [-0.15, -0.1) is 11.8 Å². The molecule has 0 aliphatic carbocycles. The molecule has 0 aliphatic heterocycles. The van der Waals surface area contributed by atoms with Gasteiger partial charge in [0, 0.05) is 0 Å². The largest absolute Gasteiger partial charge is 0.134 e. The highest BCUT2D eigenvalue weighted by atomic mass is 32.2. The van der Waals surface area contributed by atoms with Crippen molar-refractivity contribution in [2.45, 2.75) is 41.0 Å². The first-order valence-electron chi connectivity index (χ1n) is 4.94. The molecule has 0 bridgehead atoms. The lowest BCUT2D eigenvalue weighted by Gasteiger charge is -2.09. The molecule has 0 amide bonds. The maximum Gasteiger partial charge on any atom is -0.0127 e. The minimum Gasteiger partial charge on any atom is -0.134 e. The van der Waals surface area contributed by atoms with Gasteiger partial charge in [-0.05, 0) is 43.4 Å². The Morgan fingerprint density at radius 1 is 1.31 bits per heavy atom. The molecular weight excluding hydrogens is 176 g/mol. The lowest BCUT2D eigenvalue weighted by molar-refractivity contribution is 0.815. The Hall–Kier alpha value is -0.170. The van der Waals surface area contributed by atoms with Gasteiger partial charge in [0.05, 0.1) is 0 Å². The fourth-order valence-corrected chi connectivity index (χ4v) is 1.84. The zero-order chi connectivity index (χ0) is 10.4. The van der Waals surface area contributed by atoms with Crippen LogP contribution in [0.15, 0.2) is 22.1 Å². The van der Waals surface area contributed by atoms with Crippen LogP contribution >= 0.6 is 11.8 Å². The fourth-order valence-electron chi connectivity index (χ4n) is 1.08. The smallest absolute Gasteiger partial charge is 0.0127 e. The van der Waals surface area contributed by atoms with E-state index in [1.165, 1.54) is 16.1 Å². The molecule has 0 rings (SSSR count). The summed E-state index contributed by atoms with van der Waals surface area (Å²) in [6.45, 7) is 11.1. The molecule has 0 atom stereocenters. The summed E-state index contributed by atoms with van der Waals surface area (Å²) in [4.78, 5) is 1.48. The van der Waals surface area contributed by atoms with Crippen molar-refractivity contribution < 1.29 is 0 Å².